The van der Waals surface area contributed by atoms with E-state index in [1.54, 1.807) is 0 Å². The minimum Gasteiger partial charge on any atom is -0.394 e. The molecule has 0 aromatic rings. The summed E-state index contributed by atoms with van der Waals surface area (Å²) >= 11 is 0. The van der Waals surface area contributed by atoms with Crippen LogP contribution in [0, 0.1) is 0 Å². The highest BCUT2D eigenvalue weighted by Crippen LogP contribution is 2.41. The second-order valence-corrected chi connectivity index (χ2v) is 28.0. The molecule has 10 heterocycles. The molecule has 10 saturated heterocycles. The van der Waals surface area contributed by atoms with Gasteiger partial charge in [-0.25, -0.2) is 0 Å². The van der Waals surface area contributed by atoms with Crippen LogP contribution in [0.15, 0.2) is 0 Å². The van der Waals surface area contributed by atoms with Gasteiger partial charge in [0.15, 0.2) is 62.9 Å². The van der Waals surface area contributed by atoms with Gasteiger partial charge in [-0.3, -0.25) is 0 Å². The summed E-state index contributed by atoms with van der Waals surface area (Å²) in [6, 6.07) is 0. The van der Waals surface area contributed by atoms with Gasteiger partial charge in [-0.05, 0) is 0 Å². The van der Waals surface area contributed by atoms with Crippen LogP contribution in [0.5, 0.6) is 0 Å². The first-order chi connectivity index (χ1) is 52.7. The highest BCUT2D eigenvalue weighted by Gasteiger charge is 2.61. The third-order valence-corrected chi connectivity index (χ3v) is 20.9. The molecule has 0 radical (unpaired) electrons. The predicted molar refractivity (Wildman–Crippen MR) is 330 cm³/mol. The molecule has 1 unspecified atom stereocenters. The summed E-state index contributed by atoms with van der Waals surface area (Å²) in [7, 11) is 0. The van der Waals surface area contributed by atoms with Crippen molar-refractivity contribution in [3.05, 3.63) is 0 Å². The van der Waals surface area contributed by atoms with Crippen LogP contribution in [-0.2, 0) is 90.0 Å². The minimum absolute atomic E-state index is 0.948. The van der Waals surface area contributed by atoms with E-state index in [9.17, 15) is 163 Å². The zero-order valence-corrected chi connectivity index (χ0v) is 58.0. The Bertz CT molecular complexity index is 2790. The van der Waals surface area contributed by atoms with Crippen molar-refractivity contribution in [1.29, 1.82) is 0 Å². The van der Waals surface area contributed by atoms with Crippen LogP contribution in [0.4, 0.5) is 0 Å². The first-order valence-electron chi connectivity index (χ1n) is 35.2. The van der Waals surface area contributed by atoms with Crippen LogP contribution in [0.25, 0.3) is 0 Å². The maximum atomic E-state index is 12.0. The van der Waals surface area contributed by atoms with Gasteiger partial charge < -0.3 is 253 Å². The van der Waals surface area contributed by atoms with E-state index in [-0.39, 0.29) is 0 Å². The lowest BCUT2D eigenvalue weighted by molar-refractivity contribution is -0.411. The Kier molecular flexibility index (Phi) is 32.4. The number of hydrogen-bond donors (Lipinski definition) is 32. The zero-order valence-electron chi connectivity index (χ0n) is 58.0. The topological polar surface area (TPSA) is 823 Å². The molecule has 0 bridgehead atoms. The van der Waals surface area contributed by atoms with E-state index in [2.05, 4.69) is 0 Å². The van der Waals surface area contributed by atoms with E-state index in [0.717, 1.165) is 0 Å². The van der Waals surface area contributed by atoms with Crippen molar-refractivity contribution in [1.82, 2.24) is 0 Å². The van der Waals surface area contributed by atoms with Crippen molar-refractivity contribution in [3.63, 3.8) is 0 Å². The number of aliphatic hydroxyl groups excluding tert-OH is 32. The summed E-state index contributed by atoms with van der Waals surface area (Å²) in [5.74, 6) is 0. The lowest BCUT2D eigenvalue weighted by Crippen LogP contribution is -2.69. The van der Waals surface area contributed by atoms with Crippen molar-refractivity contribution in [2.45, 2.75) is 307 Å². The monoisotopic (exact) mass is 1640 g/mol. The second-order valence-electron chi connectivity index (χ2n) is 28.0. The molecule has 10 aliphatic rings. The summed E-state index contributed by atoms with van der Waals surface area (Å²) in [5, 5.41) is 349. The van der Waals surface area contributed by atoms with Crippen molar-refractivity contribution < 1.29 is 253 Å². The van der Waals surface area contributed by atoms with E-state index < -0.39 is 373 Å². The summed E-state index contributed by atoms with van der Waals surface area (Å²) in [5.41, 5.74) is 0. The van der Waals surface area contributed by atoms with Gasteiger partial charge >= 0.3 is 0 Å². The minimum atomic E-state index is -2.50. The van der Waals surface area contributed by atoms with Gasteiger partial charge in [0.25, 0.3) is 0 Å². The van der Waals surface area contributed by atoms with Crippen molar-refractivity contribution in [2.75, 3.05) is 66.1 Å². The smallest absolute Gasteiger partial charge is 0.187 e. The summed E-state index contributed by atoms with van der Waals surface area (Å²) < 4.78 is 108. The fourth-order valence-corrected chi connectivity index (χ4v) is 14.2. The molecule has 32 N–H and O–H groups in total. The van der Waals surface area contributed by atoms with E-state index in [1.807, 2.05) is 0 Å². The normalized spacial score (nSPS) is 53.7. The second kappa shape index (κ2) is 39.4. The van der Waals surface area contributed by atoms with Gasteiger partial charge in [0.2, 0.25) is 0 Å². The lowest BCUT2D eigenvalue weighted by Gasteiger charge is -2.50. The average Bonchev–Trinajstić information content (AvgIpc) is 0.774. The molecule has 0 aromatic heterocycles. The van der Waals surface area contributed by atoms with Gasteiger partial charge in [0, 0.05) is 0 Å². The Hall–Kier alpha value is -2.04. The Morgan fingerprint density at radius 1 is 0.153 bits per heavy atom. The van der Waals surface area contributed by atoms with Crippen LogP contribution in [0.1, 0.15) is 0 Å². The lowest BCUT2D eigenvalue weighted by atomic mass is 9.95. The Labute approximate surface area is 625 Å². The molecule has 10 aliphatic heterocycles. The maximum absolute atomic E-state index is 12.0. The fraction of sp³-hybridized carbons (Fsp3) is 1.00. The quantitative estimate of drug-likeness (QED) is 0.0346. The first-order valence-corrected chi connectivity index (χ1v) is 35.2. The van der Waals surface area contributed by atoms with Crippen LogP contribution in [-0.4, -0.2) is 537 Å². The van der Waals surface area contributed by atoms with Crippen molar-refractivity contribution >= 4 is 0 Å². The predicted octanol–water partition coefficient (Wildman–Crippen LogP) is -22.8. The Morgan fingerprint density at radius 2 is 0.342 bits per heavy atom. The molecule has 50 atom stereocenters. The van der Waals surface area contributed by atoms with Crippen LogP contribution in [0.3, 0.4) is 0 Å². The summed E-state index contributed by atoms with van der Waals surface area (Å²) in [6.45, 7) is -10.8. The molecule has 0 aromatic carbocycles. The molecule has 111 heavy (non-hydrogen) atoms. The van der Waals surface area contributed by atoms with Gasteiger partial charge in [0.05, 0.1) is 66.1 Å². The van der Waals surface area contributed by atoms with Gasteiger partial charge in [0.1, 0.15) is 244 Å². The highest BCUT2D eigenvalue weighted by atomic mass is 16.8. The molecule has 0 aliphatic carbocycles. The summed E-state index contributed by atoms with van der Waals surface area (Å²) in [6.07, 6.45) is -107. The molecule has 51 heteroatoms. The van der Waals surface area contributed by atoms with Gasteiger partial charge in [-0.2, -0.15) is 0 Å². The molecule has 51 nitrogen and oxygen atoms in total. The molecule has 0 saturated carbocycles. The number of aliphatic hydroxyl groups is 32. The largest absolute Gasteiger partial charge is 0.394 e. The molecule has 0 spiro atoms. The standard InChI is InChI=1S/C60H102O51/c61-1-11-21(70)31(80)37(86)53(96-11)108-47-33(82)23(72)13(3-63)100-57(47)106-44-27(76)17(7-67)95-52(40(44)89)93-10-20-30(79)43(39(88)51(92)94-20)105-59-50(36(85)26(75)15(5-65)102-59)111-60-49(35(84)25(74)16(6-66)103-60)110-56-41(90)45(28(77)18(8-68)99-56)104-55-42(91)46(29(78)19(9-69)98-55)107-58-48(34(83)24(73)14(4-64)101-58)109-54-38(87)32(81)22(71)12(2-62)97-54/h11-92H,1-10H2/t11-,12-,13-,14-,15-,16-,17-,18-,19-,20-,21-,22-,23-,24-,25-,26-,27-,28-,29-,30-,31+,32+,33+,34+,35+,36+,37+,38-,39+,40+,41+,42-,43+,44+,45+,46+,47+,48-,49+,50+,51?,52+,53-,54-,55-,56-,57-,58-,59-,60-/m1/s1. The van der Waals surface area contributed by atoms with E-state index in [1.165, 1.54) is 0 Å². The molecular formula is C60H102O51. The van der Waals surface area contributed by atoms with Crippen LogP contribution in [0.2, 0.25) is 0 Å². The average molecular weight is 1640 g/mol. The SMILES string of the molecule is OC[C@H]1O[C@H](O[C@@H]2[C@@H](O[C@@H]3[C@H](O)[C@@H](OC[C@H]4OC(O)[C@@H](O)[C@@H](O[C@H]5O[C@H](CO)[C@@H](O)[C@H](O)[C@@H]5O[C@H]5O[C@H](CO)[C@@H](O)[C@H](O)[C@@H]5O[C@H]5O[C@H](CO)[C@@H](O)[C@H](O[C@H]6O[C@H](CO)[C@@H](O)[C@H](O[C@H]7O[C@H](CO)[C@@H](O)[C@H](O)[C@H]7O[C@H]7O[C@H](CO)[C@@H](O)[C@H](O)[C@H]7O)[C@H]6O)[C@@H]5O)[C@@H]4O)O[C@H](CO)[C@H]3O)O[C@H](CO)[C@@H](O)[C@@H]2O)[C@@H](O)[C@@H](O)[C@@H]1O. The van der Waals surface area contributed by atoms with Gasteiger partial charge in [-0.15, -0.1) is 0 Å². The maximum Gasteiger partial charge on any atom is 0.187 e. The Balaban J connectivity index is 0.847. The summed E-state index contributed by atoms with van der Waals surface area (Å²) in [4.78, 5) is 0. The first kappa shape index (κ1) is 91.3. The molecular weight excluding hydrogens is 1540 g/mol. The molecule has 10 rings (SSSR count). The third kappa shape index (κ3) is 18.9. The number of ether oxygens (including phenoxy) is 19. The zero-order chi connectivity index (χ0) is 81.4. The Morgan fingerprint density at radius 3 is 0.622 bits per heavy atom. The third-order valence-electron chi connectivity index (χ3n) is 20.9. The molecule has 648 valence electrons. The van der Waals surface area contributed by atoms with Gasteiger partial charge in [-0.1, -0.05) is 0 Å². The highest BCUT2D eigenvalue weighted by molar-refractivity contribution is 5.03. The van der Waals surface area contributed by atoms with E-state index in [4.69, 9.17) is 90.0 Å². The number of rotatable bonds is 28. The fourth-order valence-electron chi connectivity index (χ4n) is 14.2. The van der Waals surface area contributed by atoms with Crippen molar-refractivity contribution in [2.24, 2.45) is 0 Å². The molecule has 10 fully saturated rings. The van der Waals surface area contributed by atoms with Crippen LogP contribution >= 0.6 is 0 Å². The number of hydrogen-bond acceptors (Lipinski definition) is 51. The van der Waals surface area contributed by atoms with Crippen LogP contribution < -0.4 is 0 Å². The van der Waals surface area contributed by atoms with E-state index in [0.29, 0.717) is 0 Å². The van der Waals surface area contributed by atoms with E-state index >= 15 is 0 Å². The molecule has 0 amide bonds. The van der Waals surface area contributed by atoms with Crippen molar-refractivity contribution in [3.8, 4) is 0 Å².